The number of benzene rings is 1. The van der Waals surface area contributed by atoms with Crippen molar-refractivity contribution in [2.75, 3.05) is 26.4 Å². The summed E-state index contributed by atoms with van der Waals surface area (Å²) in [6, 6.07) is 10.1. The largest absolute Gasteiger partial charge is 0.450 e. The molecule has 1 aliphatic rings. The van der Waals surface area contributed by atoms with Crippen LogP contribution in [0.5, 0.6) is 11.5 Å². The Balaban J connectivity index is 1.44. The van der Waals surface area contributed by atoms with Gasteiger partial charge in [0.05, 0.1) is 25.0 Å². The standard InChI is InChI=1S/C32H35F2N5O4Si/c1-32(18-42-19-32)17-38-28(40)13-21-11-25(33)30(26(34)12-21)43-27-6-8-37-31-29(27)24(22-5-7-36-23(14-22)15-35)16-39(31)20-41-9-10-44(2,3)4/h5-8,11-12,14,16H,9-10,13,17-20H2,1-4H3,(H,38,40). The third-order valence-electron chi connectivity index (χ3n) is 7.38. The van der Waals surface area contributed by atoms with Gasteiger partial charge < -0.3 is 24.1 Å². The molecular weight excluding hydrogens is 584 g/mol. The molecule has 4 aromatic rings. The van der Waals surface area contributed by atoms with Crippen LogP contribution in [0.4, 0.5) is 8.78 Å². The minimum atomic E-state index is -1.30. The van der Waals surface area contributed by atoms with Crippen molar-refractivity contribution in [2.45, 2.75) is 45.8 Å². The number of halogens is 2. The smallest absolute Gasteiger partial charge is 0.224 e. The number of carbonyl (C=O) groups is 1. The van der Waals surface area contributed by atoms with Gasteiger partial charge in [0.15, 0.2) is 17.4 Å². The Morgan fingerprint density at radius 1 is 1.16 bits per heavy atom. The van der Waals surface area contributed by atoms with Gasteiger partial charge in [0.1, 0.15) is 29.9 Å². The van der Waals surface area contributed by atoms with E-state index in [0.29, 0.717) is 48.5 Å². The number of nitrogens with one attached hydrogen (secondary N) is 1. The van der Waals surface area contributed by atoms with Crippen LogP contribution in [-0.4, -0.2) is 54.9 Å². The predicted octanol–water partition coefficient (Wildman–Crippen LogP) is 6.05. The molecule has 1 aliphatic heterocycles. The van der Waals surface area contributed by atoms with E-state index < -0.39 is 25.5 Å². The second-order valence-electron chi connectivity index (χ2n) is 12.7. The van der Waals surface area contributed by atoms with Gasteiger partial charge in [-0.1, -0.05) is 26.6 Å². The number of hydrogen-bond donors (Lipinski definition) is 1. The highest BCUT2D eigenvalue weighted by Gasteiger charge is 2.33. The van der Waals surface area contributed by atoms with E-state index in [1.165, 1.54) is 18.5 Å². The van der Waals surface area contributed by atoms with Crippen LogP contribution in [0.15, 0.2) is 48.9 Å². The summed E-state index contributed by atoms with van der Waals surface area (Å²) >= 11 is 0. The highest BCUT2D eigenvalue weighted by atomic mass is 28.3. The Kier molecular flexibility index (Phi) is 9.10. The molecule has 0 aliphatic carbocycles. The molecule has 3 aromatic heterocycles. The Labute approximate surface area is 255 Å². The van der Waals surface area contributed by atoms with Crippen molar-refractivity contribution in [1.29, 1.82) is 5.26 Å². The number of carbonyl (C=O) groups excluding carboxylic acids is 1. The number of ether oxygens (including phenoxy) is 3. The fraction of sp³-hybridized carbons (Fsp3) is 0.375. The zero-order chi connectivity index (χ0) is 31.5. The molecular formula is C32H35F2N5O4Si. The lowest BCUT2D eigenvalue weighted by Crippen LogP contribution is -2.48. The molecule has 1 amide bonds. The van der Waals surface area contributed by atoms with E-state index in [4.69, 9.17) is 14.2 Å². The summed E-state index contributed by atoms with van der Waals surface area (Å²) in [5, 5.41) is 12.7. The average molecular weight is 620 g/mol. The number of amides is 1. The van der Waals surface area contributed by atoms with Crippen LogP contribution in [0.1, 0.15) is 18.2 Å². The van der Waals surface area contributed by atoms with Crippen LogP contribution in [0.3, 0.4) is 0 Å². The number of hydrogen-bond acceptors (Lipinski definition) is 7. The SMILES string of the molecule is CC1(CNC(=O)Cc2cc(F)c(Oc3ccnc4c3c(-c3ccnc(C#N)c3)cn4COCC[Si](C)(C)C)c(F)c2)COC1. The number of aromatic nitrogens is 3. The first-order valence-electron chi connectivity index (χ1n) is 14.4. The summed E-state index contributed by atoms with van der Waals surface area (Å²) in [6.45, 7) is 11.1. The molecule has 0 bridgehead atoms. The normalized spacial score (nSPS) is 14.2. The minimum Gasteiger partial charge on any atom is -0.450 e. The first kappa shape index (κ1) is 31.2. The topological polar surface area (TPSA) is 111 Å². The van der Waals surface area contributed by atoms with E-state index >= 15 is 8.78 Å². The van der Waals surface area contributed by atoms with Crippen LogP contribution in [-0.2, 0) is 27.4 Å². The predicted molar refractivity (Wildman–Crippen MR) is 164 cm³/mol. The molecule has 0 unspecified atom stereocenters. The highest BCUT2D eigenvalue weighted by Crippen LogP contribution is 2.39. The Morgan fingerprint density at radius 2 is 1.89 bits per heavy atom. The molecule has 1 fully saturated rings. The fourth-order valence-electron chi connectivity index (χ4n) is 4.82. The summed E-state index contributed by atoms with van der Waals surface area (Å²) in [6.07, 6.45) is 4.65. The summed E-state index contributed by atoms with van der Waals surface area (Å²) in [7, 11) is -1.30. The van der Waals surface area contributed by atoms with Crippen LogP contribution in [0, 0.1) is 28.4 Å². The van der Waals surface area contributed by atoms with Crippen molar-refractivity contribution in [3.63, 3.8) is 0 Å². The number of rotatable bonds is 12. The summed E-state index contributed by atoms with van der Waals surface area (Å²) in [5.74, 6) is -2.65. The molecule has 0 saturated carbocycles. The van der Waals surface area contributed by atoms with Crippen LogP contribution >= 0.6 is 0 Å². The van der Waals surface area contributed by atoms with Crippen molar-refractivity contribution < 1.29 is 27.8 Å². The van der Waals surface area contributed by atoms with Gasteiger partial charge in [-0.15, -0.1) is 0 Å². The second-order valence-corrected chi connectivity index (χ2v) is 18.3. The third kappa shape index (κ3) is 7.30. The second kappa shape index (κ2) is 12.8. The molecule has 12 heteroatoms. The molecule has 4 heterocycles. The van der Waals surface area contributed by atoms with E-state index in [-0.39, 0.29) is 41.5 Å². The Morgan fingerprint density at radius 3 is 2.55 bits per heavy atom. The molecule has 0 atom stereocenters. The Hall–Kier alpha value is -4.18. The number of nitrogens with zero attached hydrogens (tertiary/aromatic N) is 4. The summed E-state index contributed by atoms with van der Waals surface area (Å²) in [5.41, 5.74) is 2.06. The maximum Gasteiger partial charge on any atom is 0.224 e. The molecule has 1 N–H and O–H groups in total. The summed E-state index contributed by atoms with van der Waals surface area (Å²) < 4.78 is 49.5. The van der Waals surface area contributed by atoms with Gasteiger partial charge in [-0.05, 0) is 47.5 Å². The third-order valence-corrected chi connectivity index (χ3v) is 9.08. The zero-order valence-corrected chi connectivity index (χ0v) is 26.2. The Bertz CT molecular complexity index is 1700. The highest BCUT2D eigenvalue weighted by molar-refractivity contribution is 6.76. The van der Waals surface area contributed by atoms with Crippen LogP contribution in [0.25, 0.3) is 22.2 Å². The van der Waals surface area contributed by atoms with Crippen molar-refractivity contribution in [1.82, 2.24) is 19.9 Å². The monoisotopic (exact) mass is 619 g/mol. The average Bonchev–Trinajstić information content (AvgIpc) is 3.34. The number of fused-ring (bicyclic) bond motifs is 1. The van der Waals surface area contributed by atoms with Gasteiger partial charge in [0, 0.05) is 50.8 Å². The molecule has 44 heavy (non-hydrogen) atoms. The van der Waals surface area contributed by atoms with Gasteiger partial charge >= 0.3 is 0 Å². The fourth-order valence-corrected chi connectivity index (χ4v) is 5.58. The van der Waals surface area contributed by atoms with Crippen LogP contribution in [0.2, 0.25) is 25.7 Å². The minimum absolute atomic E-state index is 0.121. The van der Waals surface area contributed by atoms with Crippen molar-refractivity contribution in [3.8, 4) is 28.7 Å². The van der Waals surface area contributed by atoms with E-state index in [1.54, 1.807) is 16.7 Å². The quantitative estimate of drug-likeness (QED) is 0.152. The first-order valence-corrected chi connectivity index (χ1v) is 18.1. The van der Waals surface area contributed by atoms with Crippen molar-refractivity contribution >= 4 is 25.0 Å². The lowest BCUT2D eigenvalue weighted by atomic mass is 9.89. The van der Waals surface area contributed by atoms with Crippen LogP contribution < -0.4 is 10.1 Å². The molecule has 1 saturated heterocycles. The number of nitriles is 1. The van der Waals surface area contributed by atoms with Gasteiger partial charge in [0.2, 0.25) is 5.91 Å². The summed E-state index contributed by atoms with van der Waals surface area (Å²) in [4.78, 5) is 21.0. The van der Waals surface area contributed by atoms with Gasteiger partial charge in [-0.3, -0.25) is 4.79 Å². The van der Waals surface area contributed by atoms with E-state index in [2.05, 4.69) is 34.9 Å². The first-order chi connectivity index (χ1) is 20.9. The van der Waals surface area contributed by atoms with Gasteiger partial charge in [-0.25, -0.2) is 18.7 Å². The molecule has 0 spiro atoms. The molecule has 0 radical (unpaired) electrons. The zero-order valence-electron chi connectivity index (χ0n) is 25.2. The van der Waals surface area contributed by atoms with Crippen molar-refractivity contribution in [2.24, 2.45) is 5.41 Å². The molecule has 1 aromatic carbocycles. The van der Waals surface area contributed by atoms with Crippen molar-refractivity contribution in [3.05, 3.63) is 71.8 Å². The van der Waals surface area contributed by atoms with E-state index in [0.717, 1.165) is 18.2 Å². The van der Waals surface area contributed by atoms with E-state index in [1.807, 2.05) is 19.2 Å². The molecule has 230 valence electrons. The lowest BCUT2D eigenvalue weighted by molar-refractivity contribution is -0.126. The lowest BCUT2D eigenvalue weighted by Gasteiger charge is -2.38. The molecule has 9 nitrogen and oxygen atoms in total. The van der Waals surface area contributed by atoms with E-state index in [9.17, 15) is 10.1 Å². The van der Waals surface area contributed by atoms with Gasteiger partial charge in [-0.2, -0.15) is 5.26 Å². The number of pyridine rings is 2. The molecule has 5 rings (SSSR count). The van der Waals surface area contributed by atoms with Gasteiger partial charge in [0.25, 0.3) is 0 Å². The maximum absolute atomic E-state index is 15.3. The maximum atomic E-state index is 15.3.